The van der Waals surface area contributed by atoms with Gasteiger partial charge >= 0.3 is 0 Å². The molecule has 1 aliphatic rings. The molecule has 1 atom stereocenters. The van der Waals surface area contributed by atoms with E-state index in [0.29, 0.717) is 12.2 Å². The molecule has 1 saturated heterocycles. The summed E-state index contributed by atoms with van der Waals surface area (Å²) in [5.41, 5.74) is 0.323. The van der Waals surface area contributed by atoms with Crippen LogP contribution in [-0.4, -0.2) is 17.8 Å². The highest BCUT2D eigenvalue weighted by molar-refractivity contribution is 14.1. The normalized spacial score (nSPS) is 21.1. The molecule has 0 radical (unpaired) electrons. The van der Waals surface area contributed by atoms with Crippen molar-refractivity contribution in [3.05, 3.63) is 27.6 Å². The highest BCUT2D eigenvalue weighted by Crippen LogP contribution is 2.27. The van der Waals surface area contributed by atoms with Crippen molar-refractivity contribution in [3.8, 4) is 0 Å². The lowest BCUT2D eigenvalue weighted by Gasteiger charge is -2.16. The standard InChI is InChI=1S/C10H8ClFINO/c11-6-3-10(15)14(5-6)9-2-1-7(13)4-8(9)12/h1-2,4,6H,3,5H2. The van der Waals surface area contributed by atoms with Crippen LogP contribution in [0.15, 0.2) is 18.2 Å². The SMILES string of the molecule is O=C1CC(Cl)CN1c1ccc(I)cc1F. The smallest absolute Gasteiger partial charge is 0.228 e. The molecule has 1 aromatic carbocycles. The van der Waals surface area contributed by atoms with E-state index in [-0.39, 0.29) is 23.5 Å². The molecule has 0 N–H and O–H groups in total. The fourth-order valence-electron chi connectivity index (χ4n) is 1.60. The zero-order valence-electron chi connectivity index (χ0n) is 7.71. The van der Waals surface area contributed by atoms with Crippen molar-refractivity contribution in [2.45, 2.75) is 11.8 Å². The van der Waals surface area contributed by atoms with Crippen LogP contribution in [0.4, 0.5) is 10.1 Å². The molecule has 1 fully saturated rings. The second-order valence-electron chi connectivity index (χ2n) is 3.40. The molecule has 0 aromatic heterocycles. The quantitative estimate of drug-likeness (QED) is 0.569. The largest absolute Gasteiger partial charge is 0.308 e. The van der Waals surface area contributed by atoms with Gasteiger partial charge in [0.1, 0.15) is 5.82 Å². The molecule has 0 bridgehead atoms. The number of hydrogen-bond donors (Lipinski definition) is 0. The van der Waals surface area contributed by atoms with Crippen LogP contribution in [0, 0.1) is 9.39 Å². The van der Waals surface area contributed by atoms with Crippen LogP contribution in [-0.2, 0) is 4.79 Å². The fraction of sp³-hybridized carbons (Fsp3) is 0.300. The molecule has 0 spiro atoms. The van der Waals surface area contributed by atoms with Crippen LogP contribution in [0.5, 0.6) is 0 Å². The summed E-state index contributed by atoms with van der Waals surface area (Å²) < 4.78 is 14.4. The van der Waals surface area contributed by atoms with E-state index in [1.807, 2.05) is 22.6 Å². The summed E-state index contributed by atoms with van der Waals surface area (Å²) in [5.74, 6) is -0.490. The Morgan fingerprint density at radius 2 is 2.27 bits per heavy atom. The van der Waals surface area contributed by atoms with Gasteiger partial charge in [0, 0.05) is 16.5 Å². The third kappa shape index (κ3) is 2.25. The fourth-order valence-corrected chi connectivity index (χ4v) is 2.32. The van der Waals surface area contributed by atoms with E-state index in [2.05, 4.69) is 0 Å². The van der Waals surface area contributed by atoms with E-state index in [9.17, 15) is 9.18 Å². The summed E-state index contributed by atoms with van der Waals surface area (Å²) in [5, 5.41) is -0.212. The third-order valence-corrected chi connectivity index (χ3v) is 3.24. The number of benzene rings is 1. The van der Waals surface area contributed by atoms with Gasteiger partial charge in [-0.3, -0.25) is 4.79 Å². The zero-order valence-corrected chi connectivity index (χ0v) is 10.6. The summed E-state index contributed by atoms with van der Waals surface area (Å²) in [6, 6.07) is 4.79. The molecule has 1 aromatic rings. The summed E-state index contributed by atoms with van der Waals surface area (Å²) in [7, 11) is 0. The number of hydrogen-bond acceptors (Lipinski definition) is 1. The van der Waals surface area contributed by atoms with Gasteiger partial charge in [-0.15, -0.1) is 11.6 Å². The van der Waals surface area contributed by atoms with Crippen LogP contribution in [0.25, 0.3) is 0 Å². The minimum absolute atomic E-state index is 0.116. The first-order valence-electron chi connectivity index (χ1n) is 4.47. The van der Waals surface area contributed by atoms with Gasteiger partial charge in [-0.1, -0.05) is 0 Å². The van der Waals surface area contributed by atoms with Crippen LogP contribution in [0.1, 0.15) is 6.42 Å². The van der Waals surface area contributed by atoms with Crippen LogP contribution in [0.3, 0.4) is 0 Å². The van der Waals surface area contributed by atoms with Crippen LogP contribution < -0.4 is 4.90 Å². The van der Waals surface area contributed by atoms with Crippen LogP contribution in [0.2, 0.25) is 0 Å². The molecule has 80 valence electrons. The number of amides is 1. The number of nitrogens with zero attached hydrogens (tertiary/aromatic N) is 1. The number of carbonyl (C=O) groups excluding carboxylic acids is 1. The maximum absolute atomic E-state index is 13.6. The Morgan fingerprint density at radius 3 is 2.80 bits per heavy atom. The van der Waals surface area contributed by atoms with E-state index in [1.54, 1.807) is 12.1 Å². The number of alkyl halides is 1. The van der Waals surface area contributed by atoms with Gasteiger partial charge in [-0.2, -0.15) is 0 Å². The van der Waals surface area contributed by atoms with E-state index >= 15 is 0 Å². The molecule has 2 nitrogen and oxygen atoms in total. The summed E-state index contributed by atoms with van der Waals surface area (Å²) >= 11 is 7.87. The van der Waals surface area contributed by atoms with E-state index in [0.717, 1.165) is 3.57 Å². The Kier molecular flexibility index (Phi) is 3.16. The third-order valence-electron chi connectivity index (χ3n) is 2.28. The predicted octanol–water partition coefficient (Wildman–Crippen LogP) is 2.77. The van der Waals surface area contributed by atoms with E-state index < -0.39 is 0 Å². The molecular weight excluding hydrogens is 331 g/mol. The second kappa shape index (κ2) is 4.25. The lowest BCUT2D eigenvalue weighted by atomic mass is 10.3. The van der Waals surface area contributed by atoms with E-state index in [1.165, 1.54) is 11.0 Å². The Labute approximate surface area is 106 Å². The molecule has 15 heavy (non-hydrogen) atoms. The molecule has 0 aliphatic carbocycles. The van der Waals surface area contributed by atoms with Crippen molar-refractivity contribution in [1.29, 1.82) is 0 Å². The number of halogens is 3. The molecule has 1 unspecified atom stereocenters. The molecule has 0 saturated carbocycles. The number of anilines is 1. The first-order chi connectivity index (χ1) is 7.08. The van der Waals surface area contributed by atoms with Gasteiger partial charge in [0.2, 0.25) is 5.91 Å². The van der Waals surface area contributed by atoms with Gasteiger partial charge in [0.05, 0.1) is 11.1 Å². The Bertz CT molecular complexity index is 412. The van der Waals surface area contributed by atoms with Crippen molar-refractivity contribution < 1.29 is 9.18 Å². The minimum atomic E-state index is -0.374. The van der Waals surface area contributed by atoms with Crippen molar-refractivity contribution in [1.82, 2.24) is 0 Å². The summed E-state index contributed by atoms with van der Waals surface area (Å²) in [4.78, 5) is 12.9. The average Bonchev–Trinajstić information content (AvgIpc) is 2.45. The topological polar surface area (TPSA) is 20.3 Å². The predicted molar refractivity (Wildman–Crippen MR) is 65.7 cm³/mol. The minimum Gasteiger partial charge on any atom is -0.308 e. The Hall–Kier alpha value is -0.360. The lowest BCUT2D eigenvalue weighted by molar-refractivity contribution is -0.117. The highest BCUT2D eigenvalue weighted by Gasteiger charge is 2.30. The van der Waals surface area contributed by atoms with Gasteiger partial charge in [-0.25, -0.2) is 4.39 Å². The van der Waals surface area contributed by atoms with Gasteiger partial charge in [0.25, 0.3) is 0 Å². The molecule has 1 aliphatic heterocycles. The van der Waals surface area contributed by atoms with Crippen molar-refractivity contribution in [2.75, 3.05) is 11.4 Å². The average molecular weight is 340 g/mol. The van der Waals surface area contributed by atoms with Crippen LogP contribution >= 0.6 is 34.2 Å². The lowest BCUT2D eigenvalue weighted by Crippen LogP contribution is -2.25. The Morgan fingerprint density at radius 1 is 1.53 bits per heavy atom. The van der Waals surface area contributed by atoms with Gasteiger partial charge in [0.15, 0.2) is 0 Å². The van der Waals surface area contributed by atoms with Crippen molar-refractivity contribution in [2.24, 2.45) is 0 Å². The Balaban J connectivity index is 2.34. The molecule has 5 heteroatoms. The second-order valence-corrected chi connectivity index (χ2v) is 5.26. The highest BCUT2D eigenvalue weighted by atomic mass is 127. The monoisotopic (exact) mass is 339 g/mol. The van der Waals surface area contributed by atoms with Gasteiger partial charge in [-0.05, 0) is 40.8 Å². The van der Waals surface area contributed by atoms with Gasteiger partial charge < -0.3 is 4.90 Å². The zero-order chi connectivity index (χ0) is 11.0. The van der Waals surface area contributed by atoms with Crippen molar-refractivity contribution in [3.63, 3.8) is 0 Å². The molecule has 1 heterocycles. The maximum Gasteiger partial charge on any atom is 0.228 e. The summed E-state index contributed by atoms with van der Waals surface area (Å²) in [6.07, 6.45) is 0.285. The maximum atomic E-state index is 13.6. The number of carbonyl (C=O) groups is 1. The first-order valence-corrected chi connectivity index (χ1v) is 5.99. The van der Waals surface area contributed by atoms with Crippen molar-refractivity contribution >= 4 is 45.8 Å². The number of rotatable bonds is 1. The first kappa shape index (κ1) is 11.1. The summed E-state index contributed by atoms with van der Waals surface area (Å²) in [6.45, 7) is 0.387. The molecule has 1 amide bonds. The molecular formula is C10H8ClFINO. The van der Waals surface area contributed by atoms with E-state index in [4.69, 9.17) is 11.6 Å². The molecule has 2 rings (SSSR count).